The maximum Gasteiger partial charge on any atom is 0.335 e. The molecule has 0 heterocycles. The van der Waals surface area contributed by atoms with E-state index in [1.54, 1.807) is 24.3 Å². The van der Waals surface area contributed by atoms with Crippen LogP contribution in [0.15, 0.2) is 48.5 Å². The summed E-state index contributed by atoms with van der Waals surface area (Å²) < 4.78 is 0. The van der Waals surface area contributed by atoms with Crippen LogP contribution in [0.1, 0.15) is 51.1 Å². The average molecular weight is 312 g/mol. The van der Waals surface area contributed by atoms with Crippen LogP contribution in [-0.4, -0.2) is 22.2 Å². The standard InChI is InChI=1S/C19H20O4/c20-18(21)16-10-6-14(7-11-16)4-2-1-3-5-15-8-12-17(13-9-15)19(22)23/h6-13H,1-5H2,(H,20,21)(H,22,23). The minimum absolute atomic E-state index is 0.318. The van der Waals surface area contributed by atoms with Gasteiger partial charge in [-0.2, -0.15) is 0 Å². The lowest BCUT2D eigenvalue weighted by molar-refractivity contribution is 0.0686. The fraction of sp³-hybridized carbons (Fsp3) is 0.263. The molecule has 0 aliphatic carbocycles. The fourth-order valence-electron chi connectivity index (χ4n) is 2.46. The van der Waals surface area contributed by atoms with Crippen LogP contribution in [0.3, 0.4) is 0 Å². The Kier molecular flexibility index (Phi) is 5.92. The van der Waals surface area contributed by atoms with E-state index in [0.717, 1.165) is 43.2 Å². The Balaban J connectivity index is 1.69. The number of carbonyl (C=O) groups is 2. The number of carboxylic acid groups (broad SMARTS) is 2. The number of unbranched alkanes of at least 4 members (excludes halogenated alkanes) is 2. The third-order valence-corrected chi connectivity index (χ3v) is 3.83. The van der Waals surface area contributed by atoms with Crippen molar-refractivity contribution in [3.63, 3.8) is 0 Å². The van der Waals surface area contributed by atoms with Gasteiger partial charge < -0.3 is 10.2 Å². The highest BCUT2D eigenvalue weighted by atomic mass is 16.4. The molecule has 23 heavy (non-hydrogen) atoms. The molecule has 0 amide bonds. The number of hydrogen-bond donors (Lipinski definition) is 2. The van der Waals surface area contributed by atoms with Gasteiger partial charge in [0.15, 0.2) is 0 Å². The highest BCUT2D eigenvalue weighted by molar-refractivity contribution is 5.87. The summed E-state index contributed by atoms with van der Waals surface area (Å²) in [6, 6.07) is 14.0. The van der Waals surface area contributed by atoms with Gasteiger partial charge in [0.05, 0.1) is 11.1 Å². The molecule has 4 nitrogen and oxygen atoms in total. The summed E-state index contributed by atoms with van der Waals surface area (Å²) in [4.78, 5) is 21.5. The molecule has 0 aliphatic rings. The molecule has 0 radical (unpaired) electrons. The summed E-state index contributed by atoms with van der Waals surface area (Å²) in [7, 11) is 0. The Morgan fingerprint density at radius 2 is 0.957 bits per heavy atom. The monoisotopic (exact) mass is 312 g/mol. The van der Waals surface area contributed by atoms with Crippen molar-refractivity contribution in [2.75, 3.05) is 0 Å². The Bertz CT molecular complexity index is 597. The molecule has 0 fully saturated rings. The molecule has 120 valence electrons. The van der Waals surface area contributed by atoms with Crippen LogP contribution in [0.5, 0.6) is 0 Å². The molecule has 2 aromatic rings. The average Bonchev–Trinajstić information content (AvgIpc) is 2.55. The molecule has 0 aliphatic heterocycles. The third-order valence-electron chi connectivity index (χ3n) is 3.83. The van der Waals surface area contributed by atoms with E-state index >= 15 is 0 Å². The number of benzene rings is 2. The zero-order valence-electron chi connectivity index (χ0n) is 12.9. The molecule has 2 N–H and O–H groups in total. The molecular weight excluding hydrogens is 292 g/mol. The molecule has 0 spiro atoms. The maximum absolute atomic E-state index is 10.8. The number of hydrogen-bond acceptors (Lipinski definition) is 2. The van der Waals surface area contributed by atoms with E-state index in [2.05, 4.69) is 0 Å². The first-order valence-electron chi connectivity index (χ1n) is 7.71. The van der Waals surface area contributed by atoms with Gasteiger partial charge in [-0.05, 0) is 61.1 Å². The van der Waals surface area contributed by atoms with Crippen LogP contribution in [0.4, 0.5) is 0 Å². The molecule has 0 saturated carbocycles. The van der Waals surface area contributed by atoms with Crippen molar-refractivity contribution >= 4 is 11.9 Å². The van der Waals surface area contributed by atoms with Gasteiger partial charge in [0.2, 0.25) is 0 Å². The Labute approximate surface area is 135 Å². The number of aryl methyl sites for hydroxylation is 2. The molecular formula is C19H20O4. The third kappa shape index (κ3) is 5.25. The van der Waals surface area contributed by atoms with Crippen molar-refractivity contribution in [3.8, 4) is 0 Å². The van der Waals surface area contributed by atoms with Crippen LogP contribution in [0, 0.1) is 0 Å². The summed E-state index contributed by atoms with van der Waals surface area (Å²) >= 11 is 0. The SMILES string of the molecule is O=C(O)c1ccc(CCCCCc2ccc(C(=O)O)cc2)cc1. The van der Waals surface area contributed by atoms with Crippen molar-refractivity contribution in [3.05, 3.63) is 70.8 Å². The van der Waals surface area contributed by atoms with E-state index < -0.39 is 11.9 Å². The second-order valence-corrected chi connectivity index (χ2v) is 5.56. The number of aromatic carboxylic acids is 2. The van der Waals surface area contributed by atoms with Crippen molar-refractivity contribution in [1.29, 1.82) is 0 Å². The normalized spacial score (nSPS) is 10.4. The van der Waals surface area contributed by atoms with Crippen LogP contribution < -0.4 is 0 Å². The quantitative estimate of drug-likeness (QED) is 0.721. The van der Waals surface area contributed by atoms with E-state index in [9.17, 15) is 9.59 Å². The molecule has 0 bridgehead atoms. The lowest BCUT2D eigenvalue weighted by atomic mass is 10.0. The van der Waals surface area contributed by atoms with Crippen molar-refractivity contribution in [1.82, 2.24) is 0 Å². The smallest absolute Gasteiger partial charge is 0.335 e. The highest BCUT2D eigenvalue weighted by Gasteiger charge is 2.03. The van der Waals surface area contributed by atoms with Crippen LogP contribution in [0.2, 0.25) is 0 Å². The van der Waals surface area contributed by atoms with E-state index in [0.29, 0.717) is 11.1 Å². The molecule has 2 aromatic carbocycles. The first-order chi connectivity index (χ1) is 11.1. The van der Waals surface area contributed by atoms with Gasteiger partial charge in [-0.3, -0.25) is 0 Å². The van der Waals surface area contributed by atoms with Crippen molar-refractivity contribution < 1.29 is 19.8 Å². The van der Waals surface area contributed by atoms with E-state index in [1.165, 1.54) is 0 Å². The van der Waals surface area contributed by atoms with Crippen LogP contribution in [0.25, 0.3) is 0 Å². The molecule has 4 heteroatoms. The van der Waals surface area contributed by atoms with E-state index in [-0.39, 0.29) is 0 Å². The van der Waals surface area contributed by atoms with Crippen LogP contribution >= 0.6 is 0 Å². The van der Waals surface area contributed by atoms with Gasteiger partial charge in [-0.1, -0.05) is 30.7 Å². The largest absolute Gasteiger partial charge is 0.478 e. The minimum atomic E-state index is -0.898. The Morgan fingerprint density at radius 1 is 0.609 bits per heavy atom. The first kappa shape index (κ1) is 16.7. The van der Waals surface area contributed by atoms with Crippen molar-refractivity contribution in [2.24, 2.45) is 0 Å². The number of rotatable bonds is 8. The van der Waals surface area contributed by atoms with Gasteiger partial charge in [-0.25, -0.2) is 9.59 Å². The lowest BCUT2D eigenvalue weighted by Crippen LogP contribution is -1.97. The lowest BCUT2D eigenvalue weighted by Gasteiger charge is -2.04. The van der Waals surface area contributed by atoms with Gasteiger partial charge >= 0.3 is 11.9 Å². The second kappa shape index (κ2) is 8.13. The molecule has 0 saturated heterocycles. The molecule has 0 unspecified atom stereocenters. The zero-order chi connectivity index (χ0) is 16.7. The van der Waals surface area contributed by atoms with Gasteiger partial charge in [0, 0.05) is 0 Å². The topological polar surface area (TPSA) is 74.6 Å². The van der Waals surface area contributed by atoms with Gasteiger partial charge in [0.25, 0.3) is 0 Å². The van der Waals surface area contributed by atoms with E-state index in [4.69, 9.17) is 10.2 Å². The first-order valence-corrected chi connectivity index (χ1v) is 7.71. The predicted octanol–water partition coefficient (Wildman–Crippen LogP) is 4.04. The predicted molar refractivity (Wildman–Crippen MR) is 88.1 cm³/mol. The fourth-order valence-corrected chi connectivity index (χ4v) is 2.46. The highest BCUT2D eigenvalue weighted by Crippen LogP contribution is 2.12. The summed E-state index contributed by atoms with van der Waals surface area (Å²) in [5, 5.41) is 17.7. The van der Waals surface area contributed by atoms with Crippen LogP contribution in [-0.2, 0) is 12.8 Å². The van der Waals surface area contributed by atoms with Gasteiger partial charge in [0.1, 0.15) is 0 Å². The molecule has 0 aromatic heterocycles. The summed E-state index contributed by atoms with van der Waals surface area (Å²) in [6.45, 7) is 0. The van der Waals surface area contributed by atoms with E-state index in [1.807, 2.05) is 24.3 Å². The minimum Gasteiger partial charge on any atom is -0.478 e. The summed E-state index contributed by atoms with van der Waals surface area (Å²) in [6.07, 6.45) is 5.08. The zero-order valence-corrected chi connectivity index (χ0v) is 12.9. The second-order valence-electron chi connectivity index (χ2n) is 5.56. The number of carboxylic acids is 2. The van der Waals surface area contributed by atoms with Gasteiger partial charge in [-0.15, -0.1) is 0 Å². The Hall–Kier alpha value is -2.62. The molecule has 2 rings (SSSR count). The molecule has 0 atom stereocenters. The summed E-state index contributed by atoms with van der Waals surface area (Å²) in [5.41, 5.74) is 2.94. The summed E-state index contributed by atoms with van der Waals surface area (Å²) in [5.74, 6) is -1.80. The Morgan fingerprint density at radius 3 is 1.26 bits per heavy atom. The van der Waals surface area contributed by atoms with Crippen molar-refractivity contribution in [2.45, 2.75) is 32.1 Å². The maximum atomic E-state index is 10.8.